The number of aryl methyl sites for hydroxylation is 2. The Morgan fingerprint density at radius 2 is 1.77 bits per heavy atom. The zero-order valence-corrected chi connectivity index (χ0v) is 21.8. The minimum absolute atomic E-state index is 0.0795. The van der Waals surface area contributed by atoms with E-state index >= 15 is 0 Å². The van der Waals surface area contributed by atoms with Gasteiger partial charge in [0.05, 0.1) is 21.8 Å². The molecule has 0 aliphatic heterocycles. The van der Waals surface area contributed by atoms with E-state index in [2.05, 4.69) is 72.1 Å². The van der Waals surface area contributed by atoms with Crippen molar-refractivity contribution in [3.63, 3.8) is 0 Å². The van der Waals surface area contributed by atoms with Crippen LogP contribution in [0.2, 0.25) is 0 Å². The van der Waals surface area contributed by atoms with Crippen LogP contribution in [0.5, 0.6) is 0 Å². The quantitative estimate of drug-likeness (QED) is 0.173. The van der Waals surface area contributed by atoms with E-state index in [1.54, 1.807) is 11.3 Å². The molecule has 0 unspecified atom stereocenters. The van der Waals surface area contributed by atoms with Crippen LogP contribution in [0.15, 0.2) is 71.2 Å². The second kappa shape index (κ2) is 9.76. The molecule has 176 valence electrons. The monoisotopic (exact) mass is 498 g/mol. The summed E-state index contributed by atoms with van der Waals surface area (Å²) in [4.78, 5) is 18.8. The highest BCUT2D eigenvalue weighted by atomic mass is 32.2. The maximum absolute atomic E-state index is 12.7. The molecule has 0 N–H and O–H groups in total. The lowest BCUT2D eigenvalue weighted by atomic mass is 10.0. The summed E-state index contributed by atoms with van der Waals surface area (Å²) in [7, 11) is 0. The second-order valence-electron chi connectivity index (χ2n) is 8.83. The Hall–Kier alpha value is -3.29. The van der Waals surface area contributed by atoms with Crippen LogP contribution >= 0.6 is 23.1 Å². The van der Waals surface area contributed by atoms with Gasteiger partial charge in [0.25, 0.3) is 0 Å². The van der Waals surface area contributed by atoms with Crippen LogP contribution < -0.4 is 0 Å². The molecule has 7 heteroatoms. The van der Waals surface area contributed by atoms with E-state index in [0.29, 0.717) is 11.3 Å². The van der Waals surface area contributed by atoms with Gasteiger partial charge in [-0.15, -0.1) is 21.5 Å². The summed E-state index contributed by atoms with van der Waals surface area (Å²) in [5, 5.41) is 13.0. The molecular weight excluding hydrogens is 472 g/mol. The molecule has 0 saturated carbocycles. The average Bonchev–Trinajstić information content (AvgIpc) is 3.54. The van der Waals surface area contributed by atoms with Crippen molar-refractivity contribution in [1.82, 2.24) is 19.7 Å². The van der Waals surface area contributed by atoms with Gasteiger partial charge in [0.2, 0.25) is 0 Å². The maximum atomic E-state index is 12.7. The van der Waals surface area contributed by atoms with E-state index in [4.69, 9.17) is 4.98 Å². The lowest BCUT2D eigenvalue weighted by Crippen LogP contribution is -2.08. The Bertz CT molecular complexity index is 1510. The van der Waals surface area contributed by atoms with Gasteiger partial charge in [0.1, 0.15) is 0 Å². The topological polar surface area (TPSA) is 60.7 Å². The molecule has 5 nitrogen and oxygen atoms in total. The number of ketones is 1. The number of rotatable bonds is 7. The number of carbonyl (C=O) groups is 1. The van der Waals surface area contributed by atoms with Crippen molar-refractivity contribution in [3.05, 3.63) is 82.7 Å². The largest absolute Gasteiger partial charge is 0.299 e. The Kier molecular flexibility index (Phi) is 6.54. The second-order valence-corrected chi connectivity index (χ2v) is 10.7. The number of Topliss-reactive ketones (excluding diaryl/α,β-unsaturated/α-hetero) is 1. The van der Waals surface area contributed by atoms with Crippen molar-refractivity contribution in [1.29, 1.82) is 0 Å². The van der Waals surface area contributed by atoms with Crippen molar-refractivity contribution in [3.8, 4) is 22.0 Å². The highest BCUT2D eigenvalue weighted by Gasteiger charge is 2.21. The lowest BCUT2D eigenvalue weighted by molar-refractivity contribution is 0.102. The third-order valence-corrected chi connectivity index (χ3v) is 7.88. The van der Waals surface area contributed by atoms with Gasteiger partial charge in [-0.2, -0.15) is 0 Å². The summed E-state index contributed by atoms with van der Waals surface area (Å²) >= 11 is 3.11. The molecule has 35 heavy (non-hydrogen) atoms. The molecule has 2 aromatic carbocycles. The first-order valence-electron chi connectivity index (χ1n) is 11.5. The van der Waals surface area contributed by atoms with Gasteiger partial charge < -0.3 is 0 Å². The summed E-state index contributed by atoms with van der Waals surface area (Å²) in [6, 6.07) is 20.1. The highest BCUT2D eigenvalue weighted by molar-refractivity contribution is 7.99. The summed E-state index contributed by atoms with van der Waals surface area (Å²) in [5.74, 6) is 1.18. The number of hydrogen-bond donors (Lipinski definition) is 0. The summed E-state index contributed by atoms with van der Waals surface area (Å²) in [6.45, 7) is 8.47. The summed E-state index contributed by atoms with van der Waals surface area (Å²) < 4.78 is 2.13. The number of pyridine rings is 1. The smallest absolute Gasteiger partial charge is 0.192 e. The Morgan fingerprint density at radius 3 is 2.49 bits per heavy atom. The number of thioether (sulfide) groups is 1. The van der Waals surface area contributed by atoms with E-state index in [1.807, 2.05) is 36.4 Å². The van der Waals surface area contributed by atoms with E-state index in [1.165, 1.54) is 22.9 Å². The number of benzene rings is 2. The van der Waals surface area contributed by atoms with Crippen LogP contribution in [0, 0.1) is 13.8 Å². The molecule has 0 saturated heterocycles. The Balaban J connectivity index is 1.60. The fourth-order valence-corrected chi connectivity index (χ4v) is 5.73. The number of thiophene rings is 1. The third-order valence-electron chi connectivity index (χ3n) is 6.05. The standard InChI is InChI=1S/C28H26N4OS2/c1-17(2)32-27(30-31-28(32)35-16-25(33)20-9-6-5-7-10-20)22-15-24(26-11-8-12-34-26)29-23-14-19(4)18(3)13-21(22)23/h5-15,17H,16H2,1-4H3. The molecule has 3 heterocycles. The van der Waals surface area contributed by atoms with Gasteiger partial charge in [-0.3, -0.25) is 9.36 Å². The minimum Gasteiger partial charge on any atom is -0.299 e. The fourth-order valence-electron chi connectivity index (χ4n) is 4.08. The predicted molar refractivity (Wildman–Crippen MR) is 145 cm³/mol. The van der Waals surface area contributed by atoms with Gasteiger partial charge in [-0.1, -0.05) is 48.2 Å². The first kappa shape index (κ1) is 23.5. The first-order valence-corrected chi connectivity index (χ1v) is 13.4. The number of hydrogen-bond acceptors (Lipinski definition) is 6. The molecule has 0 radical (unpaired) electrons. The Labute approximate surface area is 213 Å². The van der Waals surface area contributed by atoms with E-state index in [9.17, 15) is 4.79 Å². The predicted octanol–water partition coefficient (Wildman–Crippen LogP) is 7.39. The molecule has 0 aliphatic carbocycles. The lowest BCUT2D eigenvalue weighted by Gasteiger charge is -2.16. The van der Waals surface area contributed by atoms with Crippen molar-refractivity contribution in [2.24, 2.45) is 0 Å². The molecule has 0 fully saturated rings. The zero-order chi connectivity index (χ0) is 24.5. The molecule has 0 spiro atoms. The van der Waals surface area contributed by atoms with Gasteiger partial charge in [-0.25, -0.2) is 4.98 Å². The van der Waals surface area contributed by atoms with Crippen LogP contribution in [0.1, 0.15) is 41.4 Å². The minimum atomic E-state index is 0.0795. The average molecular weight is 499 g/mol. The molecule has 5 rings (SSSR count). The molecule has 3 aromatic heterocycles. The van der Waals surface area contributed by atoms with Gasteiger partial charge in [-0.05, 0) is 68.5 Å². The molecule has 0 atom stereocenters. The van der Waals surface area contributed by atoms with Gasteiger partial charge in [0.15, 0.2) is 16.8 Å². The first-order chi connectivity index (χ1) is 16.9. The van der Waals surface area contributed by atoms with Crippen LogP contribution in [0.25, 0.3) is 32.9 Å². The number of carbonyl (C=O) groups excluding carboxylic acids is 1. The van der Waals surface area contributed by atoms with Crippen LogP contribution in [-0.4, -0.2) is 31.3 Å². The highest BCUT2D eigenvalue weighted by Crippen LogP contribution is 2.36. The fraction of sp³-hybridized carbons (Fsp3) is 0.214. The SMILES string of the molecule is Cc1cc2nc(-c3cccs3)cc(-c3nnc(SCC(=O)c4ccccc4)n3C(C)C)c2cc1C. The number of aromatic nitrogens is 4. The molecule has 0 amide bonds. The van der Waals surface area contributed by atoms with E-state index in [-0.39, 0.29) is 11.8 Å². The van der Waals surface area contributed by atoms with E-state index < -0.39 is 0 Å². The van der Waals surface area contributed by atoms with Gasteiger partial charge in [0, 0.05) is 22.6 Å². The van der Waals surface area contributed by atoms with Crippen molar-refractivity contribution >= 4 is 39.8 Å². The molecular formula is C28H26N4OS2. The number of nitrogens with zero attached hydrogens (tertiary/aromatic N) is 4. The van der Waals surface area contributed by atoms with Gasteiger partial charge >= 0.3 is 0 Å². The molecule has 5 aromatic rings. The van der Waals surface area contributed by atoms with Crippen molar-refractivity contribution in [2.75, 3.05) is 5.75 Å². The zero-order valence-electron chi connectivity index (χ0n) is 20.1. The maximum Gasteiger partial charge on any atom is 0.192 e. The van der Waals surface area contributed by atoms with Crippen LogP contribution in [0.3, 0.4) is 0 Å². The Morgan fingerprint density at radius 1 is 1.00 bits per heavy atom. The van der Waals surface area contributed by atoms with Crippen LogP contribution in [0.4, 0.5) is 0 Å². The summed E-state index contributed by atoms with van der Waals surface area (Å²) in [5.41, 5.74) is 6.01. The van der Waals surface area contributed by atoms with Crippen molar-refractivity contribution in [2.45, 2.75) is 38.9 Å². The van der Waals surface area contributed by atoms with Crippen molar-refractivity contribution < 1.29 is 4.79 Å². The summed E-state index contributed by atoms with van der Waals surface area (Å²) in [6.07, 6.45) is 0. The molecule has 0 aliphatic rings. The molecule has 0 bridgehead atoms. The van der Waals surface area contributed by atoms with E-state index in [0.717, 1.165) is 38.0 Å². The van der Waals surface area contributed by atoms with Crippen LogP contribution in [-0.2, 0) is 0 Å². The number of fused-ring (bicyclic) bond motifs is 1. The normalized spacial score (nSPS) is 11.5. The third kappa shape index (κ3) is 4.66.